The normalized spacial score (nSPS) is 18.9. The number of nitrogens with one attached hydrogen (secondary N) is 4. The van der Waals surface area contributed by atoms with Gasteiger partial charge in [-0.05, 0) is 37.8 Å². The van der Waals surface area contributed by atoms with Crippen LogP contribution in [0.5, 0.6) is 0 Å². The first-order valence-corrected chi connectivity index (χ1v) is 11.7. The number of halogens is 4. The quantitative estimate of drug-likeness (QED) is 0.346. The van der Waals surface area contributed by atoms with Crippen LogP contribution < -0.4 is 16.0 Å². The molecule has 3 atom stereocenters. The lowest BCUT2D eigenvalue weighted by Crippen LogP contribution is -2.57. The zero-order valence-electron chi connectivity index (χ0n) is 19.0. The van der Waals surface area contributed by atoms with Crippen molar-refractivity contribution in [1.82, 2.24) is 25.6 Å². The van der Waals surface area contributed by atoms with Gasteiger partial charge in [0.2, 0.25) is 17.9 Å². The third-order valence-corrected chi connectivity index (χ3v) is 6.28. The number of alkyl halides is 3. The Kier molecular flexibility index (Phi) is 7.48. The summed E-state index contributed by atoms with van der Waals surface area (Å²) in [6.45, 7) is 3.12. The minimum Gasteiger partial charge on any atom is -0.360 e. The van der Waals surface area contributed by atoms with Crippen LogP contribution in [-0.2, 0) is 9.59 Å². The number of aromatic nitrogens is 3. The first kappa shape index (κ1) is 25.5. The van der Waals surface area contributed by atoms with E-state index in [1.54, 1.807) is 5.32 Å². The molecule has 1 aliphatic rings. The highest BCUT2D eigenvalue weighted by molar-refractivity contribution is 6.33. The molecule has 3 aromatic rings. The summed E-state index contributed by atoms with van der Waals surface area (Å²) in [6.07, 6.45) is 1.31. The lowest BCUT2D eigenvalue weighted by Gasteiger charge is -2.31. The molecule has 1 aliphatic carbocycles. The van der Waals surface area contributed by atoms with Gasteiger partial charge in [-0.2, -0.15) is 13.2 Å². The van der Waals surface area contributed by atoms with Crippen molar-refractivity contribution in [3.8, 4) is 11.3 Å². The second kappa shape index (κ2) is 10.6. The molecule has 2 amide bonds. The molecule has 0 spiro atoms. The lowest BCUT2D eigenvalue weighted by atomic mass is 9.91. The van der Waals surface area contributed by atoms with Crippen LogP contribution in [0.4, 0.5) is 19.1 Å². The molecule has 1 unspecified atom stereocenters. The average molecular weight is 521 g/mol. The lowest BCUT2D eigenvalue weighted by molar-refractivity contribution is -0.171. The summed E-state index contributed by atoms with van der Waals surface area (Å²) in [5, 5.41) is 8.60. The molecule has 0 saturated heterocycles. The van der Waals surface area contributed by atoms with Gasteiger partial charge in [0.1, 0.15) is 0 Å². The third-order valence-electron chi connectivity index (χ3n) is 6.00. The van der Waals surface area contributed by atoms with Gasteiger partial charge in [-0.3, -0.25) is 9.59 Å². The molecule has 1 fully saturated rings. The van der Waals surface area contributed by atoms with E-state index in [1.165, 1.54) is 6.20 Å². The molecule has 1 saturated carbocycles. The van der Waals surface area contributed by atoms with Crippen LogP contribution in [0.15, 0.2) is 49.3 Å². The van der Waals surface area contributed by atoms with Crippen molar-refractivity contribution in [3.05, 3.63) is 54.3 Å². The van der Waals surface area contributed by atoms with Crippen LogP contribution in [0.25, 0.3) is 22.2 Å². The van der Waals surface area contributed by atoms with Gasteiger partial charge in [-0.15, -0.1) is 0 Å². The molecule has 190 valence electrons. The van der Waals surface area contributed by atoms with Crippen molar-refractivity contribution in [2.45, 2.75) is 50.0 Å². The Morgan fingerprint density at radius 1 is 1.22 bits per heavy atom. The van der Waals surface area contributed by atoms with Crippen LogP contribution in [0.2, 0.25) is 5.02 Å². The van der Waals surface area contributed by atoms with Crippen LogP contribution in [-0.4, -0.2) is 51.1 Å². The minimum absolute atomic E-state index is 0.187. The van der Waals surface area contributed by atoms with Gasteiger partial charge in [0.05, 0.1) is 16.9 Å². The zero-order valence-corrected chi connectivity index (χ0v) is 19.8. The average Bonchev–Trinajstić information content (AvgIpc) is 3.27. The van der Waals surface area contributed by atoms with E-state index >= 15 is 0 Å². The summed E-state index contributed by atoms with van der Waals surface area (Å²) in [5.41, 5.74) is 2.29. The van der Waals surface area contributed by atoms with E-state index in [-0.39, 0.29) is 6.04 Å². The number of aromatic amines is 1. The van der Waals surface area contributed by atoms with E-state index in [2.05, 4.69) is 32.2 Å². The smallest absolute Gasteiger partial charge is 0.360 e. The Morgan fingerprint density at radius 3 is 2.72 bits per heavy atom. The maximum absolute atomic E-state index is 13.3. The molecule has 36 heavy (non-hydrogen) atoms. The number of para-hydroxylation sites is 1. The van der Waals surface area contributed by atoms with Gasteiger partial charge in [-0.25, -0.2) is 9.97 Å². The second-order valence-corrected chi connectivity index (χ2v) is 8.95. The largest absolute Gasteiger partial charge is 0.417 e. The Balaban J connectivity index is 1.45. The molecular weight excluding hydrogens is 497 g/mol. The molecule has 0 radical (unpaired) electrons. The predicted octanol–water partition coefficient (Wildman–Crippen LogP) is 4.35. The molecule has 2 heterocycles. The molecule has 0 aliphatic heterocycles. The number of H-pyrrole nitrogens is 1. The summed E-state index contributed by atoms with van der Waals surface area (Å²) in [5.74, 6) is -2.07. The predicted molar refractivity (Wildman–Crippen MR) is 130 cm³/mol. The molecule has 8 nitrogen and oxygen atoms in total. The molecule has 1 aromatic carbocycles. The fraction of sp³-hybridized carbons (Fsp3) is 0.333. The number of carbonyl (C=O) groups excluding carboxylic acids is 2. The Hall–Kier alpha value is -3.60. The highest BCUT2D eigenvalue weighted by Crippen LogP contribution is 2.33. The van der Waals surface area contributed by atoms with Crippen LogP contribution in [0.3, 0.4) is 0 Å². The SMILES string of the molecule is C=CC(=O)NC(C(=O)N[C@H]1CCC[C@@H](Nc2ncc(Cl)c(-c3c[nH]c4ccccc34)n2)C1)C(F)(F)F. The van der Waals surface area contributed by atoms with Crippen molar-refractivity contribution in [2.75, 3.05) is 5.32 Å². The Morgan fingerprint density at radius 2 is 1.97 bits per heavy atom. The van der Waals surface area contributed by atoms with E-state index in [0.717, 1.165) is 22.9 Å². The van der Waals surface area contributed by atoms with Gasteiger partial charge >= 0.3 is 6.18 Å². The number of anilines is 1. The number of carbonyl (C=O) groups is 2. The molecule has 2 aromatic heterocycles. The fourth-order valence-electron chi connectivity index (χ4n) is 4.31. The highest BCUT2D eigenvalue weighted by Gasteiger charge is 2.46. The number of benzene rings is 1. The van der Waals surface area contributed by atoms with Gasteiger partial charge in [0.15, 0.2) is 0 Å². The van der Waals surface area contributed by atoms with E-state index < -0.39 is 30.1 Å². The van der Waals surface area contributed by atoms with Crippen LogP contribution in [0, 0.1) is 0 Å². The fourth-order valence-corrected chi connectivity index (χ4v) is 4.50. The van der Waals surface area contributed by atoms with Gasteiger partial charge in [-0.1, -0.05) is 36.4 Å². The highest BCUT2D eigenvalue weighted by atomic mass is 35.5. The number of hydrogen-bond acceptors (Lipinski definition) is 5. The van der Waals surface area contributed by atoms with Crippen molar-refractivity contribution in [2.24, 2.45) is 0 Å². The van der Waals surface area contributed by atoms with Crippen molar-refractivity contribution < 1.29 is 22.8 Å². The molecule has 12 heteroatoms. The monoisotopic (exact) mass is 520 g/mol. The van der Waals surface area contributed by atoms with Gasteiger partial charge in [0.25, 0.3) is 5.91 Å². The molecular formula is C24H24ClF3N6O2. The van der Waals surface area contributed by atoms with E-state index in [9.17, 15) is 22.8 Å². The maximum atomic E-state index is 13.3. The summed E-state index contributed by atoms with van der Waals surface area (Å²) in [6, 6.07) is 4.36. The Bertz CT molecular complexity index is 1280. The van der Waals surface area contributed by atoms with Crippen molar-refractivity contribution >= 4 is 40.3 Å². The first-order valence-electron chi connectivity index (χ1n) is 11.3. The van der Waals surface area contributed by atoms with Crippen molar-refractivity contribution in [3.63, 3.8) is 0 Å². The molecule has 4 rings (SSSR count). The number of hydrogen-bond donors (Lipinski definition) is 4. The van der Waals surface area contributed by atoms with E-state index in [0.29, 0.717) is 42.0 Å². The van der Waals surface area contributed by atoms with E-state index in [1.807, 2.05) is 30.5 Å². The molecule has 0 bridgehead atoms. The second-order valence-electron chi connectivity index (χ2n) is 8.54. The standard InChI is InChI=1S/C24H24ClF3N6O2/c1-2-19(35)33-21(24(26,27)28)22(36)31-13-6-5-7-14(10-13)32-23-30-12-17(25)20(34-23)16-11-29-18-9-4-3-8-15(16)18/h2-4,8-9,11-14,21,29H,1,5-7,10H2,(H,31,36)(H,33,35)(H,30,32,34)/t13-,14+,21?/m0/s1. The molecule has 4 N–H and O–H groups in total. The zero-order chi connectivity index (χ0) is 25.9. The third kappa shape index (κ3) is 5.78. The van der Waals surface area contributed by atoms with Gasteiger partial charge < -0.3 is 20.9 Å². The summed E-state index contributed by atoms with van der Waals surface area (Å²) < 4.78 is 40.0. The van der Waals surface area contributed by atoms with Crippen LogP contribution >= 0.6 is 11.6 Å². The minimum atomic E-state index is -4.94. The Labute approximate surface area is 209 Å². The summed E-state index contributed by atoms with van der Waals surface area (Å²) >= 11 is 6.38. The maximum Gasteiger partial charge on any atom is 0.417 e. The summed E-state index contributed by atoms with van der Waals surface area (Å²) in [7, 11) is 0. The van der Waals surface area contributed by atoms with Gasteiger partial charge in [0, 0.05) is 34.7 Å². The first-order chi connectivity index (χ1) is 17.2. The van der Waals surface area contributed by atoms with Crippen LogP contribution in [0.1, 0.15) is 25.7 Å². The number of nitrogens with zero attached hydrogens (tertiary/aromatic N) is 2. The summed E-state index contributed by atoms with van der Waals surface area (Å²) in [4.78, 5) is 35.8. The number of rotatable bonds is 7. The van der Waals surface area contributed by atoms with Crippen molar-refractivity contribution in [1.29, 1.82) is 0 Å². The topological polar surface area (TPSA) is 112 Å². The number of fused-ring (bicyclic) bond motifs is 1. The van der Waals surface area contributed by atoms with E-state index in [4.69, 9.17) is 11.6 Å². The number of amides is 2.